The third-order valence-electron chi connectivity index (χ3n) is 4.84. The molecule has 2 aromatic carbocycles. The molecule has 0 aliphatic carbocycles. The first-order valence-corrected chi connectivity index (χ1v) is 11.2. The van der Waals surface area contributed by atoms with Gasteiger partial charge in [-0.15, -0.1) is 0 Å². The van der Waals surface area contributed by atoms with Crippen LogP contribution in [0.2, 0.25) is 0 Å². The van der Waals surface area contributed by atoms with E-state index in [0.717, 1.165) is 39.1 Å². The summed E-state index contributed by atoms with van der Waals surface area (Å²) in [5.74, 6) is 0. The number of ether oxygens (including phenoxy) is 1. The van der Waals surface area contributed by atoms with Crippen LogP contribution < -0.4 is 5.32 Å². The average molecular weight is 437 g/mol. The molecule has 0 saturated heterocycles. The molecule has 2 rings (SSSR count). The number of hydrogen-bond donors (Lipinski definition) is 1. The van der Waals surface area contributed by atoms with Crippen LogP contribution in [0.25, 0.3) is 0 Å². The smallest absolute Gasteiger partial charge is 0.407 e. The first-order chi connectivity index (χ1) is 15.4. The second-order valence-corrected chi connectivity index (χ2v) is 8.90. The van der Waals surface area contributed by atoms with Crippen molar-refractivity contribution in [3.05, 3.63) is 71.8 Å². The van der Waals surface area contributed by atoms with Crippen LogP contribution in [0.5, 0.6) is 0 Å². The van der Waals surface area contributed by atoms with Crippen LogP contribution in [0.1, 0.15) is 38.3 Å². The number of amides is 1. The summed E-state index contributed by atoms with van der Waals surface area (Å²) in [6.45, 7) is 10.6. The van der Waals surface area contributed by atoms with Crippen LogP contribution in [-0.4, -0.2) is 54.2 Å². The lowest BCUT2D eigenvalue weighted by molar-refractivity contribution is 0.0525. The standard InChI is InChI=1S/C26H36N4O2/c1-26(2,3)32-25(31)28-16-10-17-29(21-23-11-6-4-7-12-23)19-20-30(18-15-27)22-24-13-8-5-9-14-24/h4-9,11-14H,10,16-22H2,1-3H3,(H,28,31). The lowest BCUT2D eigenvalue weighted by atomic mass is 10.2. The molecule has 0 atom stereocenters. The summed E-state index contributed by atoms with van der Waals surface area (Å²) in [5, 5.41) is 12.1. The largest absolute Gasteiger partial charge is 0.444 e. The summed E-state index contributed by atoms with van der Waals surface area (Å²) < 4.78 is 5.30. The molecule has 0 fully saturated rings. The molecule has 2 aromatic rings. The van der Waals surface area contributed by atoms with Crippen LogP contribution in [0.15, 0.2) is 60.7 Å². The van der Waals surface area contributed by atoms with Gasteiger partial charge in [-0.05, 0) is 38.3 Å². The third-order valence-corrected chi connectivity index (χ3v) is 4.84. The Labute approximate surface area is 192 Å². The number of nitrogens with zero attached hydrogens (tertiary/aromatic N) is 3. The SMILES string of the molecule is CC(C)(C)OC(=O)NCCCN(CCN(CC#N)Cc1ccccc1)Cc1ccccc1. The van der Waals surface area contributed by atoms with Gasteiger partial charge >= 0.3 is 6.09 Å². The molecule has 1 N–H and O–H groups in total. The Kier molecular flexibility index (Phi) is 10.7. The van der Waals surface area contributed by atoms with Gasteiger partial charge in [0.2, 0.25) is 0 Å². The number of carbonyl (C=O) groups is 1. The highest BCUT2D eigenvalue weighted by Gasteiger charge is 2.16. The fraction of sp³-hybridized carbons (Fsp3) is 0.462. The maximum Gasteiger partial charge on any atom is 0.407 e. The van der Waals surface area contributed by atoms with Crippen LogP contribution in [0.3, 0.4) is 0 Å². The molecule has 0 unspecified atom stereocenters. The number of alkyl carbamates (subject to hydrolysis) is 1. The highest BCUT2D eigenvalue weighted by molar-refractivity contribution is 5.67. The van der Waals surface area contributed by atoms with Crippen LogP contribution in [-0.2, 0) is 17.8 Å². The number of rotatable bonds is 12. The quantitative estimate of drug-likeness (QED) is 0.394. The van der Waals surface area contributed by atoms with E-state index in [9.17, 15) is 10.1 Å². The highest BCUT2D eigenvalue weighted by Crippen LogP contribution is 2.09. The molecular weight excluding hydrogens is 400 g/mol. The molecule has 32 heavy (non-hydrogen) atoms. The summed E-state index contributed by atoms with van der Waals surface area (Å²) in [4.78, 5) is 16.4. The fourth-order valence-electron chi connectivity index (χ4n) is 3.36. The summed E-state index contributed by atoms with van der Waals surface area (Å²) in [7, 11) is 0. The summed E-state index contributed by atoms with van der Waals surface area (Å²) in [5.41, 5.74) is 1.97. The van der Waals surface area contributed by atoms with E-state index in [4.69, 9.17) is 4.74 Å². The minimum absolute atomic E-state index is 0.379. The molecule has 0 aliphatic heterocycles. The maximum absolute atomic E-state index is 11.9. The van der Waals surface area contributed by atoms with Crippen molar-refractivity contribution >= 4 is 6.09 Å². The third kappa shape index (κ3) is 10.9. The van der Waals surface area contributed by atoms with E-state index in [1.54, 1.807) is 0 Å². The molecule has 0 heterocycles. The number of nitriles is 1. The maximum atomic E-state index is 11.9. The molecule has 6 heteroatoms. The number of hydrogen-bond acceptors (Lipinski definition) is 5. The van der Waals surface area contributed by atoms with Crippen LogP contribution >= 0.6 is 0 Å². The van der Waals surface area contributed by atoms with Gasteiger partial charge in [0.25, 0.3) is 0 Å². The monoisotopic (exact) mass is 436 g/mol. The van der Waals surface area contributed by atoms with Crippen molar-refractivity contribution in [3.8, 4) is 6.07 Å². The highest BCUT2D eigenvalue weighted by atomic mass is 16.6. The zero-order valence-electron chi connectivity index (χ0n) is 19.6. The van der Waals surface area contributed by atoms with Crippen molar-refractivity contribution in [2.45, 2.75) is 45.9 Å². The number of carbonyl (C=O) groups excluding carboxylic acids is 1. The predicted octanol–water partition coefficient (Wildman–Crippen LogP) is 4.43. The predicted molar refractivity (Wildman–Crippen MR) is 128 cm³/mol. The van der Waals surface area contributed by atoms with Gasteiger partial charge in [0.05, 0.1) is 12.6 Å². The Bertz CT molecular complexity index is 828. The van der Waals surface area contributed by atoms with E-state index in [-0.39, 0.29) is 6.09 Å². The molecule has 1 amide bonds. The van der Waals surface area contributed by atoms with Crippen molar-refractivity contribution in [2.24, 2.45) is 0 Å². The number of nitrogens with one attached hydrogen (secondary N) is 1. The zero-order valence-corrected chi connectivity index (χ0v) is 19.6. The molecule has 0 bridgehead atoms. The van der Waals surface area contributed by atoms with Gasteiger partial charge in [-0.1, -0.05) is 60.7 Å². The Balaban J connectivity index is 1.89. The van der Waals surface area contributed by atoms with Gasteiger partial charge in [-0.3, -0.25) is 9.80 Å². The lowest BCUT2D eigenvalue weighted by Gasteiger charge is -2.27. The molecule has 0 aliphatic rings. The summed E-state index contributed by atoms with van der Waals surface area (Å²) >= 11 is 0. The summed E-state index contributed by atoms with van der Waals surface area (Å²) in [6.07, 6.45) is 0.443. The van der Waals surface area contributed by atoms with Gasteiger partial charge in [0.1, 0.15) is 5.60 Å². The van der Waals surface area contributed by atoms with E-state index in [0.29, 0.717) is 13.1 Å². The van der Waals surface area contributed by atoms with E-state index in [1.165, 1.54) is 11.1 Å². The normalized spacial score (nSPS) is 11.4. The van der Waals surface area contributed by atoms with Crippen molar-refractivity contribution in [3.63, 3.8) is 0 Å². The summed E-state index contributed by atoms with van der Waals surface area (Å²) in [6, 6.07) is 22.9. The minimum Gasteiger partial charge on any atom is -0.444 e. The molecular formula is C26H36N4O2. The Morgan fingerprint density at radius 3 is 1.97 bits per heavy atom. The first-order valence-electron chi connectivity index (χ1n) is 11.2. The molecule has 0 aromatic heterocycles. The van der Waals surface area contributed by atoms with E-state index < -0.39 is 5.60 Å². The second-order valence-electron chi connectivity index (χ2n) is 8.90. The fourth-order valence-corrected chi connectivity index (χ4v) is 3.36. The topological polar surface area (TPSA) is 68.6 Å². The zero-order chi connectivity index (χ0) is 23.2. The molecule has 0 saturated carbocycles. The van der Waals surface area contributed by atoms with Gasteiger partial charge in [-0.25, -0.2) is 4.79 Å². The van der Waals surface area contributed by atoms with Gasteiger partial charge in [0.15, 0.2) is 0 Å². The van der Waals surface area contributed by atoms with E-state index in [1.807, 2.05) is 45.0 Å². The molecule has 0 radical (unpaired) electrons. The van der Waals surface area contributed by atoms with Crippen molar-refractivity contribution in [2.75, 3.05) is 32.7 Å². The Morgan fingerprint density at radius 1 is 0.906 bits per heavy atom. The average Bonchev–Trinajstić information content (AvgIpc) is 2.75. The molecule has 6 nitrogen and oxygen atoms in total. The molecule has 0 spiro atoms. The van der Waals surface area contributed by atoms with E-state index in [2.05, 4.69) is 57.6 Å². The Hall–Kier alpha value is -2.88. The molecule has 172 valence electrons. The van der Waals surface area contributed by atoms with Crippen molar-refractivity contribution in [1.29, 1.82) is 5.26 Å². The minimum atomic E-state index is -0.494. The first kappa shape index (κ1) is 25.4. The van der Waals surface area contributed by atoms with Crippen LogP contribution in [0.4, 0.5) is 4.79 Å². The Morgan fingerprint density at radius 2 is 1.44 bits per heavy atom. The van der Waals surface area contributed by atoms with Gasteiger partial charge < -0.3 is 10.1 Å². The van der Waals surface area contributed by atoms with Gasteiger partial charge in [-0.2, -0.15) is 5.26 Å². The van der Waals surface area contributed by atoms with E-state index >= 15 is 0 Å². The number of benzene rings is 2. The van der Waals surface area contributed by atoms with Crippen molar-refractivity contribution in [1.82, 2.24) is 15.1 Å². The van der Waals surface area contributed by atoms with Crippen LogP contribution in [0, 0.1) is 11.3 Å². The van der Waals surface area contributed by atoms with Crippen molar-refractivity contribution < 1.29 is 9.53 Å². The lowest BCUT2D eigenvalue weighted by Crippen LogP contribution is -2.37. The van der Waals surface area contributed by atoms with Gasteiger partial charge in [0, 0.05) is 39.3 Å². The second kappa shape index (κ2) is 13.5.